The number of hydrogen-bond acceptors (Lipinski definition) is 4. The van der Waals surface area contributed by atoms with Gasteiger partial charge in [0.2, 0.25) is 5.91 Å². The van der Waals surface area contributed by atoms with Crippen LogP contribution in [0.4, 0.5) is 5.69 Å². The number of amides is 1. The number of hydrogen-bond donors (Lipinski definition) is 3. The van der Waals surface area contributed by atoms with Crippen LogP contribution in [-0.2, 0) is 4.79 Å². The van der Waals surface area contributed by atoms with Gasteiger partial charge in [-0.2, -0.15) is 0 Å². The van der Waals surface area contributed by atoms with E-state index in [1.165, 1.54) is 0 Å². The maximum atomic E-state index is 12.0. The zero-order valence-corrected chi connectivity index (χ0v) is 12.8. The molecule has 3 atom stereocenters. The highest BCUT2D eigenvalue weighted by molar-refractivity contribution is 5.92. The molecule has 120 valence electrons. The summed E-state index contributed by atoms with van der Waals surface area (Å²) in [6.45, 7) is 1.67. The minimum Gasteiger partial charge on any atom is -0.488 e. The van der Waals surface area contributed by atoms with Gasteiger partial charge < -0.3 is 20.5 Å². The molecule has 0 spiro atoms. The number of ether oxygens (including phenoxy) is 1. The Bertz CT molecular complexity index is 497. The van der Waals surface area contributed by atoms with Crippen LogP contribution >= 0.6 is 0 Å². The maximum Gasteiger partial charge on any atom is 0.228 e. The topological polar surface area (TPSA) is 70.6 Å². The molecule has 1 aromatic carbocycles. The van der Waals surface area contributed by atoms with Gasteiger partial charge in [0.05, 0.1) is 12.0 Å². The lowest BCUT2D eigenvalue weighted by atomic mass is 9.95. The van der Waals surface area contributed by atoms with Crippen molar-refractivity contribution >= 4 is 11.6 Å². The normalized spacial score (nSPS) is 28.3. The Balaban J connectivity index is 1.54. The number of nitrogens with one attached hydrogen (secondary N) is 2. The lowest BCUT2D eigenvalue weighted by Crippen LogP contribution is -2.34. The second-order valence-corrected chi connectivity index (χ2v) is 6.21. The van der Waals surface area contributed by atoms with E-state index in [2.05, 4.69) is 10.6 Å². The summed E-state index contributed by atoms with van der Waals surface area (Å²) in [6, 6.07) is 7.41. The highest BCUT2D eigenvalue weighted by atomic mass is 16.5. The third kappa shape index (κ3) is 3.78. The first kappa shape index (κ1) is 15.3. The van der Waals surface area contributed by atoms with Crippen LogP contribution in [0, 0.1) is 5.92 Å². The minimum atomic E-state index is -0.372. The molecule has 1 heterocycles. The van der Waals surface area contributed by atoms with Crippen molar-refractivity contribution < 1.29 is 14.6 Å². The van der Waals surface area contributed by atoms with E-state index in [0.717, 1.165) is 56.6 Å². The summed E-state index contributed by atoms with van der Waals surface area (Å²) in [5.74, 6) is 0.876. The monoisotopic (exact) mass is 304 g/mol. The Hall–Kier alpha value is -1.59. The van der Waals surface area contributed by atoms with Gasteiger partial charge in [-0.1, -0.05) is 6.42 Å². The van der Waals surface area contributed by atoms with Gasteiger partial charge in [-0.25, -0.2) is 0 Å². The minimum absolute atomic E-state index is 0.0633. The van der Waals surface area contributed by atoms with Gasteiger partial charge in [-0.3, -0.25) is 4.79 Å². The molecule has 1 saturated heterocycles. The van der Waals surface area contributed by atoms with Gasteiger partial charge in [0.1, 0.15) is 11.9 Å². The standard InChI is InChI=1S/C17H24N2O3/c20-15-3-1-2-4-16(15)22-14-7-5-13(6-8-14)19-17(21)12-9-10-18-11-12/h5-8,12,15-16,18,20H,1-4,9-11H2,(H,19,21)/t12-,15?,16?/m1/s1. The van der Waals surface area contributed by atoms with E-state index < -0.39 is 0 Å². The van der Waals surface area contributed by atoms with Gasteiger partial charge in [-0.05, 0) is 56.5 Å². The van der Waals surface area contributed by atoms with Crippen LogP contribution < -0.4 is 15.4 Å². The Morgan fingerprint density at radius 1 is 1.18 bits per heavy atom. The molecule has 1 aromatic rings. The Kier molecular flexibility index (Phi) is 4.95. The fourth-order valence-electron chi connectivity index (χ4n) is 3.13. The van der Waals surface area contributed by atoms with Crippen LogP contribution in [0.1, 0.15) is 32.1 Å². The molecular weight excluding hydrogens is 280 g/mol. The van der Waals surface area contributed by atoms with Crippen molar-refractivity contribution in [3.05, 3.63) is 24.3 Å². The molecule has 0 radical (unpaired) electrons. The Labute approximate surface area is 131 Å². The fraction of sp³-hybridized carbons (Fsp3) is 0.588. The van der Waals surface area contributed by atoms with E-state index in [1.807, 2.05) is 24.3 Å². The van der Waals surface area contributed by atoms with Gasteiger partial charge in [0.15, 0.2) is 0 Å². The number of aliphatic hydroxyl groups excluding tert-OH is 1. The number of carbonyl (C=O) groups is 1. The first-order valence-electron chi connectivity index (χ1n) is 8.19. The smallest absolute Gasteiger partial charge is 0.228 e. The summed E-state index contributed by atoms with van der Waals surface area (Å²) >= 11 is 0. The summed E-state index contributed by atoms with van der Waals surface area (Å²) in [6.07, 6.45) is 4.30. The van der Waals surface area contributed by atoms with Crippen LogP contribution in [0.15, 0.2) is 24.3 Å². The zero-order valence-electron chi connectivity index (χ0n) is 12.8. The number of carbonyl (C=O) groups excluding carboxylic acids is 1. The summed E-state index contributed by atoms with van der Waals surface area (Å²) in [5.41, 5.74) is 0.786. The molecule has 5 nitrogen and oxygen atoms in total. The average Bonchev–Trinajstić information content (AvgIpc) is 3.06. The molecule has 0 aromatic heterocycles. The second-order valence-electron chi connectivity index (χ2n) is 6.21. The summed E-state index contributed by atoms with van der Waals surface area (Å²) in [5, 5.41) is 16.1. The van der Waals surface area contributed by atoms with Crippen molar-refractivity contribution in [1.29, 1.82) is 0 Å². The van der Waals surface area contributed by atoms with Crippen LogP contribution in [0.3, 0.4) is 0 Å². The number of anilines is 1. The van der Waals surface area contributed by atoms with Crippen molar-refractivity contribution in [3.8, 4) is 5.75 Å². The Morgan fingerprint density at radius 2 is 1.95 bits per heavy atom. The van der Waals surface area contributed by atoms with E-state index in [-0.39, 0.29) is 24.0 Å². The van der Waals surface area contributed by atoms with Crippen molar-refractivity contribution in [2.45, 2.75) is 44.3 Å². The molecule has 0 bridgehead atoms. The quantitative estimate of drug-likeness (QED) is 0.795. The number of rotatable bonds is 4. The van der Waals surface area contributed by atoms with Crippen molar-refractivity contribution in [3.63, 3.8) is 0 Å². The van der Waals surface area contributed by atoms with Gasteiger partial charge in [0, 0.05) is 12.2 Å². The molecule has 1 aliphatic heterocycles. The molecule has 1 saturated carbocycles. The van der Waals surface area contributed by atoms with Gasteiger partial charge in [0.25, 0.3) is 0 Å². The number of aliphatic hydroxyl groups is 1. The summed E-state index contributed by atoms with van der Waals surface area (Å²) in [4.78, 5) is 12.0. The van der Waals surface area contributed by atoms with Crippen molar-refractivity contribution in [2.24, 2.45) is 5.92 Å². The Morgan fingerprint density at radius 3 is 2.64 bits per heavy atom. The molecular formula is C17H24N2O3. The zero-order chi connectivity index (χ0) is 15.4. The molecule has 2 unspecified atom stereocenters. The highest BCUT2D eigenvalue weighted by Crippen LogP contribution is 2.25. The van der Waals surface area contributed by atoms with Crippen molar-refractivity contribution in [2.75, 3.05) is 18.4 Å². The van der Waals surface area contributed by atoms with Crippen LogP contribution in [-0.4, -0.2) is 36.3 Å². The molecule has 2 aliphatic rings. The lowest BCUT2D eigenvalue weighted by molar-refractivity contribution is -0.119. The lowest BCUT2D eigenvalue weighted by Gasteiger charge is -2.28. The average molecular weight is 304 g/mol. The van der Waals surface area contributed by atoms with E-state index >= 15 is 0 Å². The van der Waals surface area contributed by atoms with Gasteiger partial charge >= 0.3 is 0 Å². The third-order valence-corrected chi connectivity index (χ3v) is 4.51. The highest BCUT2D eigenvalue weighted by Gasteiger charge is 2.25. The van der Waals surface area contributed by atoms with Gasteiger partial charge in [-0.15, -0.1) is 0 Å². The fourth-order valence-corrected chi connectivity index (χ4v) is 3.13. The van der Waals surface area contributed by atoms with Crippen LogP contribution in [0.25, 0.3) is 0 Å². The molecule has 1 aliphatic carbocycles. The molecule has 3 N–H and O–H groups in total. The van der Waals surface area contributed by atoms with Crippen LogP contribution in [0.5, 0.6) is 5.75 Å². The predicted molar refractivity (Wildman–Crippen MR) is 84.9 cm³/mol. The second kappa shape index (κ2) is 7.11. The van der Waals surface area contributed by atoms with Crippen molar-refractivity contribution in [1.82, 2.24) is 5.32 Å². The van der Waals surface area contributed by atoms with E-state index in [0.29, 0.717) is 0 Å². The third-order valence-electron chi connectivity index (χ3n) is 4.51. The largest absolute Gasteiger partial charge is 0.488 e. The molecule has 3 rings (SSSR count). The summed E-state index contributed by atoms with van der Waals surface area (Å²) < 4.78 is 5.85. The molecule has 2 fully saturated rings. The first-order chi connectivity index (χ1) is 10.7. The molecule has 1 amide bonds. The predicted octanol–water partition coefficient (Wildman–Crippen LogP) is 1.92. The summed E-state index contributed by atoms with van der Waals surface area (Å²) in [7, 11) is 0. The first-order valence-corrected chi connectivity index (χ1v) is 8.19. The molecule has 5 heteroatoms. The SMILES string of the molecule is O=C(Nc1ccc(OC2CCCCC2O)cc1)[C@@H]1CCNC1. The van der Waals surface area contributed by atoms with E-state index in [9.17, 15) is 9.90 Å². The van der Waals surface area contributed by atoms with E-state index in [1.54, 1.807) is 0 Å². The van der Waals surface area contributed by atoms with Crippen LogP contribution in [0.2, 0.25) is 0 Å². The molecule has 22 heavy (non-hydrogen) atoms. The maximum absolute atomic E-state index is 12.0. The number of benzene rings is 1. The van der Waals surface area contributed by atoms with E-state index in [4.69, 9.17) is 4.74 Å².